The smallest absolute Gasteiger partial charge is 0.312 e. The first-order valence-corrected chi connectivity index (χ1v) is 11.4. The van der Waals surface area contributed by atoms with Crippen LogP contribution in [-0.4, -0.2) is 24.2 Å². The lowest BCUT2D eigenvalue weighted by Crippen LogP contribution is -2.14. The van der Waals surface area contributed by atoms with Gasteiger partial charge in [-0.2, -0.15) is 9.78 Å². The Balaban J connectivity index is 2.22. The fourth-order valence-corrected chi connectivity index (χ4v) is 4.83. The van der Waals surface area contributed by atoms with E-state index in [0.717, 1.165) is 17.5 Å². The Morgan fingerprint density at radius 2 is 1.77 bits per heavy atom. The molecular weight excluding hydrogens is 400 g/mol. The lowest BCUT2D eigenvalue weighted by Gasteiger charge is -2.13. The number of carbonyl (C=O) groups excluding carboxylic acids is 1. The van der Waals surface area contributed by atoms with Crippen LogP contribution in [0.1, 0.15) is 43.0 Å². The second-order valence-electron chi connectivity index (χ2n) is 7.32. The maximum absolute atomic E-state index is 13.4. The zero-order valence-electron chi connectivity index (χ0n) is 17.7. The highest BCUT2D eigenvalue weighted by Gasteiger charge is 2.32. The number of ether oxygens (including phenoxy) is 1. The van der Waals surface area contributed by atoms with Gasteiger partial charge in [0.25, 0.3) is 0 Å². The third kappa shape index (κ3) is 4.31. The molecule has 0 aliphatic heterocycles. The molecule has 0 unspecified atom stereocenters. The Bertz CT molecular complexity index is 1170. The number of unbranched alkanes of at least 4 members (excludes halogenated alkanes) is 1. The lowest BCUT2D eigenvalue weighted by atomic mass is 10.1. The summed E-state index contributed by atoms with van der Waals surface area (Å²) in [5, 5.41) is 4.46. The molecule has 30 heavy (non-hydrogen) atoms. The van der Waals surface area contributed by atoms with Crippen LogP contribution in [-0.2, 0) is 14.6 Å². The van der Waals surface area contributed by atoms with E-state index in [1.165, 1.54) is 16.8 Å². The number of aryl methyl sites for hydroxylation is 3. The molecule has 1 aromatic heterocycles. The molecule has 6 nitrogen and oxygen atoms in total. The number of rotatable bonds is 7. The fraction of sp³-hybridized carbons (Fsp3) is 0.304. The zero-order valence-corrected chi connectivity index (χ0v) is 18.5. The van der Waals surface area contributed by atoms with E-state index in [2.05, 4.69) is 5.10 Å². The van der Waals surface area contributed by atoms with E-state index in [4.69, 9.17) is 4.74 Å². The predicted molar refractivity (Wildman–Crippen MR) is 115 cm³/mol. The average molecular weight is 427 g/mol. The van der Waals surface area contributed by atoms with E-state index in [1.54, 1.807) is 25.1 Å². The predicted octanol–water partition coefficient (Wildman–Crippen LogP) is 4.73. The summed E-state index contributed by atoms with van der Waals surface area (Å²) in [5.74, 6) is -0.545. The lowest BCUT2D eigenvalue weighted by molar-refractivity contribution is -0.135. The van der Waals surface area contributed by atoms with Gasteiger partial charge in [-0.05, 0) is 51.0 Å². The van der Waals surface area contributed by atoms with Crippen LogP contribution in [0.2, 0.25) is 0 Å². The van der Waals surface area contributed by atoms with Crippen LogP contribution >= 0.6 is 0 Å². The molecule has 1 heterocycles. The van der Waals surface area contributed by atoms with Gasteiger partial charge in [0.05, 0.1) is 16.3 Å². The minimum atomic E-state index is -3.94. The van der Waals surface area contributed by atoms with Gasteiger partial charge < -0.3 is 4.74 Å². The Kier molecular flexibility index (Phi) is 6.41. The van der Waals surface area contributed by atoms with Crippen molar-refractivity contribution in [3.63, 3.8) is 0 Å². The Hall–Kier alpha value is -2.93. The van der Waals surface area contributed by atoms with Gasteiger partial charge in [-0.25, -0.2) is 8.42 Å². The van der Waals surface area contributed by atoms with Gasteiger partial charge in [-0.1, -0.05) is 49.2 Å². The van der Waals surface area contributed by atoms with Crippen molar-refractivity contribution in [3.05, 3.63) is 65.4 Å². The summed E-state index contributed by atoms with van der Waals surface area (Å²) in [4.78, 5) is 12.5. The monoisotopic (exact) mass is 426 g/mol. The van der Waals surface area contributed by atoms with Crippen molar-refractivity contribution in [2.45, 2.75) is 56.7 Å². The van der Waals surface area contributed by atoms with Crippen molar-refractivity contribution in [2.75, 3.05) is 0 Å². The first kappa shape index (κ1) is 21.8. The summed E-state index contributed by atoms with van der Waals surface area (Å²) >= 11 is 0. The minimum Gasteiger partial charge on any atom is -0.406 e. The zero-order chi connectivity index (χ0) is 21.9. The molecule has 3 rings (SSSR count). The standard InChI is InChI=1S/C23H26N2O4S/c1-5-6-12-21(26)29-23-22(30(27,28)19-10-8-7-9-11-19)18(4)24-25(23)20-14-13-16(2)15-17(20)3/h7-11,13-15H,5-6,12H2,1-4H3. The van der Waals surface area contributed by atoms with E-state index < -0.39 is 15.8 Å². The molecule has 0 saturated heterocycles. The summed E-state index contributed by atoms with van der Waals surface area (Å²) in [6.07, 6.45) is 1.70. The second kappa shape index (κ2) is 8.83. The van der Waals surface area contributed by atoms with Crippen molar-refractivity contribution < 1.29 is 17.9 Å². The maximum atomic E-state index is 13.4. The second-order valence-corrected chi connectivity index (χ2v) is 9.20. The average Bonchev–Trinajstić information content (AvgIpc) is 3.03. The van der Waals surface area contributed by atoms with Gasteiger partial charge in [0.1, 0.15) is 0 Å². The number of aromatic nitrogens is 2. The molecule has 0 spiro atoms. The van der Waals surface area contributed by atoms with Gasteiger partial charge in [0.2, 0.25) is 15.7 Å². The molecule has 2 aromatic carbocycles. The van der Waals surface area contributed by atoms with Gasteiger partial charge in [-0.3, -0.25) is 4.79 Å². The van der Waals surface area contributed by atoms with Crippen molar-refractivity contribution >= 4 is 15.8 Å². The summed E-state index contributed by atoms with van der Waals surface area (Å²) in [7, 11) is -3.94. The maximum Gasteiger partial charge on any atom is 0.312 e. The Morgan fingerprint density at radius 3 is 2.40 bits per heavy atom. The van der Waals surface area contributed by atoms with Gasteiger partial charge in [-0.15, -0.1) is 0 Å². The SMILES string of the molecule is CCCCC(=O)Oc1c(S(=O)(=O)c2ccccc2)c(C)nn1-c1ccc(C)cc1C. The largest absolute Gasteiger partial charge is 0.406 e. The molecule has 158 valence electrons. The molecule has 0 aliphatic carbocycles. The molecule has 0 atom stereocenters. The van der Waals surface area contributed by atoms with Gasteiger partial charge in [0, 0.05) is 6.42 Å². The molecule has 0 N–H and O–H groups in total. The van der Waals surface area contributed by atoms with Crippen LogP contribution in [0.15, 0.2) is 58.3 Å². The molecule has 7 heteroatoms. The molecule has 3 aromatic rings. The highest BCUT2D eigenvalue weighted by atomic mass is 32.2. The van der Waals surface area contributed by atoms with Crippen LogP contribution in [0.25, 0.3) is 5.69 Å². The third-order valence-electron chi connectivity index (χ3n) is 4.81. The normalized spacial score (nSPS) is 11.5. The first-order valence-electron chi connectivity index (χ1n) is 9.93. The first-order chi connectivity index (χ1) is 14.3. The number of hydrogen-bond donors (Lipinski definition) is 0. The summed E-state index contributed by atoms with van der Waals surface area (Å²) in [6, 6.07) is 13.8. The number of esters is 1. The van der Waals surface area contributed by atoms with Crippen LogP contribution in [0.3, 0.4) is 0 Å². The molecule has 0 bridgehead atoms. The van der Waals surface area contributed by atoms with Crippen LogP contribution in [0, 0.1) is 20.8 Å². The van der Waals surface area contributed by atoms with Crippen molar-refractivity contribution in [1.82, 2.24) is 9.78 Å². The van der Waals surface area contributed by atoms with E-state index >= 15 is 0 Å². The van der Waals surface area contributed by atoms with Crippen LogP contribution in [0.4, 0.5) is 0 Å². The number of carbonyl (C=O) groups is 1. The molecule has 0 radical (unpaired) electrons. The van der Waals surface area contributed by atoms with Crippen molar-refractivity contribution in [3.8, 4) is 11.6 Å². The number of sulfone groups is 1. The molecule has 0 aliphatic rings. The van der Waals surface area contributed by atoms with Crippen molar-refractivity contribution in [1.29, 1.82) is 0 Å². The van der Waals surface area contributed by atoms with E-state index in [1.807, 2.05) is 39.0 Å². The van der Waals surface area contributed by atoms with E-state index in [9.17, 15) is 13.2 Å². The van der Waals surface area contributed by atoms with E-state index in [0.29, 0.717) is 12.1 Å². The molecular formula is C23H26N2O4S. The number of nitrogens with zero attached hydrogens (tertiary/aromatic N) is 2. The fourth-order valence-electron chi connectivity index (χ4n) is 3.29. The summed E-state index contributed by atoms with van der Waals surface area (Å²) in [6.45, 7) is 7.47. The highest BCUT2D eigenvalue weighted by molar-refractivity contribution is 7.91. The molecule has 0 amide bonds. The van der Waals surface area contributed by atoms with E-state index in [-0.39, 0.29) is 27.8 Å². The summed E-state index contributed by atoms with van der Waals surface area (Å²) < 4.78 is 33.9. The summed E-state index contributed by atoms with van der Waals surface area (Å²) in [5.41, 5.74) is 2.90. The Labute approximate surface area is 177 Å². The van der Waals surface area contributed by atoms with Crippen LogP contribution in [0.5, 0.6) is 5.88 Å². The third-order valence-corrected chi connectivity index (χ3v) is 6.71. The van der Waals surface area contributed by atoms with Crippen molar-refractivity contribution in [2.24, 2.45) is 0 Å². The minimum absolute atomic E-state index is 0.0654. The molecule has 0 fully saturated rings. The van der Waals surface area contributed by atoms with Crippen LogP contribution < -0.4 is 4.74 Å². The number of hydrogen-bond acceptors (Lipinski definition) is 5. The number of benzene rings is 2. The highest BCUT2D eigenvalue weighted by Crippen LogP contribution is 2.35. The quantitative estimate of drug-likeness (QED) is 0.511. The van der Waals surface area contributed by atoms with Gasteiger partial charge in [0.15, 0.2) is 4.90 Å². The van der Waals surface area contributed by atoms with Gasteiger partial charge >= 0.3 is 5.97 Å². The Morgan fingerprint density at radius 1 is 1.07 bits per heavy atom. The molecule has 0 saturated carbocycles. The topological polar surface area (TPSA) is 78.3 Å².